The van der Waals surface area contributed by atoms with E-state index in [0.717, 1.165) is 57.3 Å². The van der Waals surface area contributed by atoms with E-state index in [1.807, 2.05) is 18.5 Å². The molecule has 1 fully saturated rings. The zero-order valence-electron chi connectivity index (χ0n) is 17.2. The zero-order chi connectivity index (χ0) is 19.2. The van der Waals surface area contributed by atoms with E-state index in [9.17, 15) is 0 Å². The van der Waals surface area contributed by atoms with Crippen LogP contribution in [-0.2, 0) is 6.54 Å². The molecule has 1 atom stereocenters. The van der Waals surface area contributed by atoms with Gasteiger partial charge in [0.25, 0.3) is 0 Å². The predicted octanol–water partition coefficient (Wildman–Crippen LogP) is 2.46. The summed E-state index contributed by atoms with van der Waals surface area (Å²) in [5.41, 5.74) is 0. The monoisotopic (exact) mass is 371 g/mol. The number of rotatable bonds is 8. The highest BCUT2D eigenvalue weighted by Gasteiger charge is 2.26. The van der Waals surface area contributed by atoms with Gasteiger partial charge >= 0.3 is 0 Å². The largest absolute Gasteiger partial charge is 0.360 e. The standard InChI is InChI=1S/C20H33N7/c1-5-25(4)18-9-10-22-20(23-18)27-13-6-8-17(16-27)19-21-11-15-26(19)14-7-12-24(2)3/h9-11,15,17H,5-8,12-14,16H2,1-4H3/t17-/m1/s1. The molecule has 0 aromatic carbocycles. The first-order valence-corrected chi connectivity index (χ1v) is 10.0. The van der Waals surface area contributed by atoms with Crippen LogP contribution in [0.3, 0.4) is 0 Å². The van der Waals surface area contributed by atoms with Gasteiger partial charge in [-0.2, -0.15) is 4.98 Å². The summed E-state index contributed by atoms with van der Waals surface area (Å²) in [5, 5.41) is 0. The Balaban J connectivity index is 1.69. The minimum absolute atomic E-state index is 0.435. The van der Waals surface area contributed by atoms with Crippen molar-refractivity contribution >= 4 is 11.8 Å². The van der Waals surface area contributed by atoms with Gasteiger partial charge in [-0.15, -0.1) is 0 Å². The molecule has 0 saturated carbocycles. The topological polar surface area (TPSA) is 53.3 Å². The number of aryl methyl sites for hydroxylation is 1. The Kier molecular flexibility index (Phi) is 6.66. The summed E-state index contributed by atoms with van der Waals surface area (Å²) >= 11 is 0. The molecule has 0 N–H and O–H groups in total. The quantitative estimate of drug-likeness (QED) is 0.711. The summed E-state index contributed by atoms with van der Waals surface area (Å²) in [4.78, 5) is 20.7. The normalized spacial score (nSPS) is 17.5. The molecule has 0 aliphatic carbocycles. The summed E-state index contributed by atoms with van der Waals surface area (Å²) in [7, 11) is 6.31. The van der Waals surface area contributed by atoms with E-state index in [1.165, 1.54) is 12.2 Å². The maximum atomic E-state index is 4.78. The molecule has 1 aliphatic heterocycles. The molecule has 0 spiro atoms. The average Bonchev–Trinajstić information content (AvgIpc) is 3.16. The molecule has 0 radical (unpaired) electrons. The first-order chi connectivity index (χ1) is 13.1. The van der Waals surface area contributed by atoms with Crippen molar-refractivity contribution in [3.05, 3.63) is 30.5 Å². The molecule has 1 aliphatic rings. The van der Waals surface area contributed by atoms with Crippen molar-refractivity contribution in [2.24, 2.45) is 0 Å². The molecule has 0 amide bonds. The molecule has 2 aromatic rings. The fourth-order valence-corrected chi connectivity index (χ4v) is 3.66. The van der Waals surface area contributed by atoms with Crippen LogP contribution in [0.25, 0.3) is 0 Å². The lowest BCUT2D eigenvalue weighted by atomic mass is 9.97. The van der Waals surface area contributed by atoms with Crippen LogP contribution >= 0.6 is 0 Å². The lowest BCUT2D eigenvalue weighted by Gasteiger charge is -2.33. The molecular weight excluding hydrogens is 338 g/mol. The van der Waals surface area contributed by atoms with Gasteiger partial charge in [0.15, 0.2) is 0 Å². The first-order valence-electron chi connectivity index (χ1n) is 10.0. The Labute approximate surface area is 163 Å². The number of hydrogen-bond acceptors (Lipinski definition) is 6. The second-order valence-electron chi connectivity index (χ2n) is 7.65. The van der Waals surface area contributed by atoms with Gasteiger partial charge in [-0.25, -0.2) is 9.97 Å². The van der Waals surface area contributed by atoms with Gasteiger partial charge in [0.2, 0.25) is 5.95 Å². The van der Waals surface area contributed by atoms with Crippen molar-refractivity contribution in [1.29, 1.82) is 0 Å². The Morgan fingerprint density at radius 2 is 2.04 bits per heavy atom. The molecule has 27 heavy (non-hydrogen) atoms. The molecule has 2 aromatic heterocycles. The minimum atomic E-state index is 0.435. The average molecular weight is 372 g/mol. The van der Waals surface area contributed by atoms with Crippen LogP contribution < -0.4 is 9.80 Å². The van der Waals surface area contributed by atoms with E-state index >= 15 is 0 Å². The molecule has 0 bridgehead atoms. The van der Waals surface area contributed by atoms with Crippen molar-refractivity contribution in [1.82, 2.24) is 24.4 Å². The molecule has 148 valence electrons. The SMILES string of the molecule is CCN(C)c1ccnc(N2CCC[C@@H](c3nccn3CCCN(C)C)C2)n1. The second-order valence-corrected chi connectivity index (χ2v) is 7.65. The van der Waals surface area contributed by atoms with Gasteiger partial charge in [-0.1, -0.05) is 0 Å². The van der Waals surface area contributed by atoms with Gasteiger partial charge < -0.3 is 19.3 Å². The Bertz CT molecular complexity index is 712. The second kappa shape index (κ2) is 9.17. The summed E-state index contributed by atoms with van der Waals surface area (Å²) in [5.74, 6) is 3.46. The van der Waals surface area contributed by atoms with E-state index in [0.29, 0.717) is 5.92 Å². The molecule has 3 rings (SSSR count). The number of hydrogen-bond donors (Lipinski definition) is 0. The third-order valence-electron chi connectivity index (χ3n) is 5.32. The fraction of sp³-hybridized carbons (Fsp3) is 0.650. The first kappa shape index (κ1) is 19.6. The van der Waals surface area contributed by atoms with Crippen LogP contribution in [0.2, 0.25) is 0 Å². The van der Waals surface area contributed by atoms with Gasteiger partial charge in [0, 0.05) is 57.7 Å². The molecule has 7 heteroatoms. The summed E-state index contributed by atoms with van der Waals surface area (Å²) in [6.45, 7) is 7.14. The molecule has 7 nitrogen and oxygen atoms in total. The number of piperidine rings is 1. The van der Waals surface area contributed by atoms with E-state index in [1.54, 1.807) is 0 Å². The van der Waals surface area contributed by atoms with E-state index in [2.05, 4.69) is 58.5 Å². The van der Waals surface area contributed by atoms with Crippen LogP contribution in [0.1, 0.15) is 37.9 Å². The lowest BCUT2D eigenvalue weighted by molar-refractivity contribution is 0.380. The van der Waals surface area contributed by atoms with E-state index in [-0.39, 0.29) is 0 Å². The van der Waals surface area contributed by atoms with Crippen molar-refractivity contribution in [2.45, 2.75) is 38.6 Å². The molecule has 1 saturated heterocycles. The van der Waals surface area contributed by atoms with Crippen molar-refractivity contribution < 1.29 is 0 Å². The maximum Gasteiger partial charge on any atom is 0.227 e. The highest BCUT2D eigenvalue weighted by atomic mass is 15.3. The highest BCUT2D eigenvalue weighted by molar-refractivity contribution is 5.43. The Morgan fingerprint density at radius 3 is 2.81 bits per heavy atom. The summed E-state index contributed by atoms with van der Waals surface area (Å²) < 4.78 is 2.33. The van der Waals surface area contributed by atoms with E-state index < -0.39 is 0 Å². The van der Waals surface area contributed by atoms with Crippen LogP contribution in [0.4, 0.5) is 11.8 Å². The van der Waals surface area contributed by atoms with Crippen LogP contribution in [-0.4, -0.2) is 71.7 Å². The Hall–Kier alpha value is -2.15. The molecular formula is C20H33N7. The fourth-order valence-electron chi connectivity index (χ4n) is 3.66. The number of nitrogens with zero attached hydrogens (tertiary/aromatic N) is 7. The van der Waals surface area contributed by atoms with Crippen LogP contribution in [0, 0.1) is 0 Å². The third-order valence-corrected chi connectivity index (χ3v) is 5.32. The number of imidazole rings is 1. The summed E-state index contributed by atoms with van der Waals surface area (Å²) in [6.07, 6.45) is 9.40. The zero-order valence-corrected chi connectivity index (χ0v) is 17.2. The van der Waals surface area contributed by atoms with Crippen LogP contribution in [0.5, 0.6) is 0 Å². The molecule has 3 heterocycles. The van der Waals surface area contributed by atoms with Gasteiger partial charge in [0.1, 0.15) is 11.6 Å². The third kappa shape index (κ3) is 4.97. The van der Waals surface area contributed by atoms with Crippen LogP contribution in [0.15, 0.2) is 24.7 Å². The van der Waals surface area contributed by atoms with Crippen molar-refractivity contribution in [3.8, 4) is 0 Å². The van der Waals surface area contributed by atoms with Gasteiger partial charge in [0.05, 0.1) is 0 Å². The van der Waals surface area contributed by atoms with Gasteiger partial charge in [-0.05, 0) is 52.9 Å². The lowest BCUT2D eigenvalue weighted by Crippen LogP contribution is -2.36. The molecule has 0 unspecified atom stereocenters. The van der Waals surface area contributed by atoms with Gasteiger partial charge in [-0.3, -0.25) is 0 Å². The number of anilines is 2. The number of aromatic nitrogens is 4. The predicted molar refractivity (Wildman–Crippen MR) is 111 cm³/mol. The van der Waals surface area contributed by atoms with Crippen molar-refractivity contribution in [2.75, 3.05) is 57.1 Å². The van der Waals surface area contributed by atoms with E-state index in [4.69, 9.17) is 9.97 Å². The Morgan fingerprint density at radius 1 is 1.19 bits per heavy atom. The smallest absolute Gasteiger partial charge is 0.227 e. The minimum Gasteiger partial charge on any atom is -0.360 e. The maximum absolute atomic E-state index is 4.78. The summed E-state index contributed by atoms with van der Waals surface area (Å²) in [6, 6.07) is 1.98. The van der Waals surface area contributed by atoms with Crippen molar-refractivity contribution in [3.63, 3.8) is 0 Å². The highest BCUT2D eigenvalue weighted by Crippen LogP contribution is 2.28.